The number of hydrogen-bond acceptors (Lipinski definition) is 4. The zero-order valence-electron chi connectivity index (χ0n) is 16.3. The van der Waals surface area contributed by atoms with E-state index in [9.17, 15) is 14.4 Å². The Kier molecular flexibility index (Phi) is 6.67. The molecule has 2 aromatic carbocycles. The maximum absolute atomic E-state index is 12.7. The van der Waals surface area contributed by atoms with Crippen molar-refractivity contribution in [2.45, 2.75) is 6.92 Å². The molecule has 0 radical (unpaired) electrons. The number of anilines is 2. The average Bonchev–Trinajstić information content (AvgIpc) is 2.75. The molecule has 0 saturated carbocycles. The number of piperazine rings is 1. The first kappa shape index (κ1) is 20.2. The third-order valence-electron chi connectivity index (χ3n) is 4.51. The summed E-state index contributed by atoms with van der Waals surface area (Å²) in [6.07, 6.45) is -0.344. The second-order valence-electron chi connectivity index (χ2n) is 6.50. The van der Waals surface area contributed by atoms with Crippen LogP contribution in [0.5, 0.6) is 0 Å². The Bertz CT molecular complexity index is 847. The van der Waals surface area contributed by atoms with Crippen LogP contribution in [0.4, 0.5) is 21.0 Å². The minimum Gasteiger partial charge on any atom is -0.450 e. The first-order valence-electron chi connectivity index (χ1n) is 9.51. The quantitative estimate of drug-likeness (QED) is 0.830. The van der Waals surface area contributed by atoms with Gasteiger partial charge in [0.2, 0.25) is 0 Å². The molecule has 1 heterocycles. The van der Waals surface area contributed by atoms with Crippen molar-refractivity contribution in [2.75, 3.05) is 43.4 Å². The van der Waals surface area contributed by atoms with Crippen molar-refractivity contribution >= 4 is 29.4 Å². The van der Waals surface area contributed by atoms with Gasteiger partial charge < -0.3 is 25.2 Å². The van der Waals surface area contributed by atoms with Crippen molar-refractivity contribution < 1.29 is 19.1 Å². The highest BCUT2D eigenvalue weighted by Gasteiger charge is 2.25. The third kappa shape index (κ3) is 5.47. The van der Waals surface area contributed by atoms with Crippen LogP contribution in [0.2, 0.25) is 0 Å². The number of nitrogens with zero attached hydrogens (tertiary/aromatic N) is 2. The number of urea groups is 1. The largest absolute Gasteiger partial charge is 0.450 e. The first-order valence-corrected chi connectivity index (χ1v) is 9.51. The minimum atomic E-state index is -0.356. The smallest absolute Gasteiger partial charge is 0.409 e. The van der Waals surface area contributed by atoms with Gasteiger partial charge in [-0.15, -0.1) is 0 Å². The maximum Gasteiger partial charge on any atom is 0.409 e. The van der Waals surface area contributed by atoms with Crippen molar-refractivity contribution in [3.63, 3.8) is 0 Å². The van der Waals surface area contributed by atoms with E-state index in [2.05, 4.69) is 10.6 Å². The van der Waals surface area contributed by atoms with Gasteiger partial charge >= 0.3 is 12.1 Å². The molecular weight excluding hydrogens is 372 g/mol. The highest BCUT2D eigenvalue weighted by molar-refractivity contribution is 6.00. The summed E-state index contributed by atoms with van der Waals surface area (Å²) >= 11 is 0. The van der Waals surface area contributed by atoms with E-state index in [0.29, 0.717) is 49.7 Å². The summed E-state index contributed by atoms with van der Waals surface area (Å²) in [5.74, 6) is -0.103. The lowest BCUT2D eigenvalue weighted by atomic mass is 10.1. The van der Waals surface area contributed by atoms with Crippen molar-refractivity contribution in [1.82, 2.24) is 9.80 Å². The van der Waals surface area contributed by atoms with Gasteiger partial charge in [0.25, 0.3) is 5.91 Å². The van der Waals surface area contributed by atoms with Crippen LogP contribution in [0.25, 0.3) is 0 Å². The van der Waals surface area contributed by atoms with Crippen LogP contribution >= 0.6 is 0 Å². The zero-order chi connectivity index (χ0) is 20.6. The standard InChI is InChI=1S/C21H24N4O4/c1-2-29-21(28)25-14-12-24(13-15-25)19(26)16-8-10-18(11-9-16)23-20(27)22-17-6-4-3-5-7-17/h3-11H,2,12-15H2,1H3,(H2,22,23,27). The summed E-state index contributed by atoms with van der Waals surface area (Å²) in [4.78, 5) is 39.8. The van der Waals surface area contributed by atoms with Crippen LogP contribution in [0, 0.1) is 0 Å². The van der Waals surface area contributed by atoms with Crippen molar-refractivity contribution in [3.05, 3.63) is 60.2 Å². The topological polar surface area (TPSA) is 91.0 Å². The van der Waals surface area contributed by atoms with E-state index in [0.717, 1.165) is 0 Å². The molecule has 4 amide bonds. The van der Waals surface area contributed by atoms with Gasteiger partial charge in [-0.3, -0.25) is 4.79 Å². The molecule has 2 N–H and O–H groups in total. The molecule has 152 valence electrons. The number of ether oxygens (including phenoxy) is 1. The number of rotatable bonds is 4. The predicted octanol–water partition coefficient (Wildman–Crippen LogP) is 3.24. The number of carbonyl (C=O) groups is 3. The van der Waals surface area contributed by atoms with Crippen LogP contribution < -0.4 is 10.6 Å². The van der Waals surface area contributed by atoms with Gasteiger partial charge in [-0.05, 0) is 43.3 Å². The number of amides is 4. The van der Waals surface area contributed by atoms with Gasteiger partial charge in [-0.1, -0.05) is 18.2 Å². The second-order valence-corrected chi connectivity index (χ2v) is 6.50. The van der Waals surface area contributed by atoms with E-state index in [1.165, 1.54) is 0 Å². The lowest BCUT2D eigenvalue weighted by Gasteiger charge is -2.34. The van der Waals surface area contributed by atoms with Crippen LogP contribution in [0.3, 0.4) is 0 Å². The van der Waals surface area contributed by atoms with Crippen LogP contribution in [0.15, 0.2) is 54.6 Å². The summed E-state index contributed by atoms with van der Waals surface area (Å²) < 4.78 is 4.99. The molecule has 1 fully saturated rings. The summed E-state index contributed by atoms with van der Waals surface area (Å²) in [7, 11) is 0. The van der Waals surface area contributed by atoms with Gasteiger partial charge in [0.15, 0.2) is 0 Å². The lowest BCUT2D eigenvalue weighted by Crippen LogP contribution is -2.50. The lowest BCUT2D eigenvalue weighted by molar-refractivity contribution is 0.0570. The average molecular weight is 396 g/mol. The van der Waals surface area contributed by atoms with Crippen molar-refractivity contribution in [3.8, 4) is 0 Å². The van der Waals surface area contributed by atoms with E-state index in [1.807, 2.05) is 18.2 Å². The van der Waals surface area contributed by atoms with Crippen molar-refractivity contribution in [1.29, 1.82) is 0 Å². The Labute approximate surface area is 169 Å². The number of benzene rings is 2. The molecule has 0 spiro atoms. The Morgan fingerprint density at radius 2 is 1.38 bits per heavy atom. The second kappa shape index (κ2) is 9.59. The number of para-hydroxylation sites is 1. The summed E-state index contributed by atoms with van der Waals surface area (Å²) in [5, 5.41) is 5.47. The molecule has 3 rings (SSSR count). The van der Waals surface area contributed by atoms with E-state index >= 15 is 0 Å². The van der Waals surface area contributed by atoms with Gasteiger partial charge in [0.1, 0.15) is 0 Å². The molecule has 0 aliphatic carbocycles. The fraction of sp³-hybridized carbons (Fsp3) is 0.286. The molecule has 0 bridgehead atoms. The molecular formula is C21H24N4O4. The van der Waals surface area contributed by atoms with Gasteiger partial charge in [0.05, 0.1) is 6.61 Å². The fourth-order valence-corrected chi connectivity index (χ4v) is 3.00. The molecule has 8 nitrogen and oxygen atoms in total. The molecule has 0 atom stereocenters. The minimum absolute atomic E-state index is 0.103. The van der Waals surface area contributed by atoms with Gasteiger partial charge in [0, 0.05) is 43.1 Å². The Hall–Kier alpha value is -3.55. The molecule has 0 aromatic heterocycles. The van der Waals surface area contributed by atoms with Crippen molar-refractivity contribution in [2.24, 2.45) is 0 Å². The highest BCUT2D eigenvalue weighted by Crippen LogP contribution is 2.14. The number of carbonyl (C=O) groups excluding carboxylic acids is 3. The Morgan fingerprint density at radius 1 is 0.828 bits per heavy atom. The molecule has 2 aromatic rings. The van der Waals surface area contributed by atoms with E-state index in [1.54, 1.807) is 53.1 Å². The molecule has 29 heavy (non-hydrogen) atoms. The van der Waals surface area contributed by atoms with Crippen LogP contribution in [-0.4, -0.2) is 60.6 Å². The fourth-order valence-electron chi connectivity index (χ4n) is 3.00. The Morgan fingerprint density at radius 3 is 1.97 bits per heavy atom. The van der Waals surface area contributed by atoms with E-state index in [4.69, 9.17) is 4.74 Å². The normalized spacial score (nSPS) is 13.6. The molecule has 1 aliphatic heterocycles. The van der Waals surface area contributed by atoms with E-state index < -0.39 is 0 Å². The molecule has 0 unspecified atom stereocenters. The van der Waals surface area contributed by atoms with Gasteiger partial charge in [-0.2, -0.15) is 0 Å². The summed E-state index contributed by atoms with van der Waals surface area (Å²) in [6, 6.07) is 15.5. The number of hydrogen-bond donors (Lipinski definition) is 2. The first-order chi connectivity index (χ1) is 14.1. The van der Waals surface area contributed by atoms with Gasteiger partial charge in [-0.25, -0.2) is 9.59 Å². The van der Waals surface area contributed by atoms with Crippen LogP contribution in [-0.2, 0) is 4.74 Å². The molecule has 1 saturated heterocycles. The predicted molar refractivity (Wildman–Crippen MR) is 110 cm³/mol. The monoisotopic (exact) mass is 396 g/mol. The Balaban J connectivity index is 1.51. The summed E-state index contributed by atoms with van der Waals surface area (Å²) in [6.45, 7) is 3.91. The summed E-state index contributed by atoms with van der Waals surface area (Å²) in [5.41, 5.74) is 1.81. The SMILES string of the molecule is CCOC(=O)N1CCN(C(=O)c2ccc(NC(=O)Nc3ccccc3)cc2)CC1. The van der Waals surface area contributed by atoms with E-state index in [-0.39, 0.29) is 18.0 Å². The number of nitrogens with one attached hydrogen (secondary N) is 2. The highest BCUT2D eigenvalue weighted by atomic mass is 16.6. The molecule has 1 aliphatic rings. The molecule has 8 heteroatoms. The zero-order valence-corrected chi connectivity index (χ0v) is 16.3. The maximum atomic E-state index is 12.7. The van der Waals surface area contributed by atoms with Crippen LogP contribution in [0.1, 0.15) is 17.3 Å². The third-order valence-corrected chi connectivity index (χ3v) is 4.51.